The fourth-order valence-corrected chi connectivity index (χ4v) is 6.39. The van der Waals surface area contributed by atoms with Gasteiger partial charge in [-0.3, -0.25) is 13.8 Å². The van der Waals surface area contributed by atoms with Crippen LogP contribution in [0.1, 0.15) is 174 Å². The lowest BCUT2D eigenvalue weighted by Gasteiger charge is -2.24. The molecule has 310 valence electrons. The van der Waals surface area contributed by atoms with Gasteiger partial charge in [-0.2, -0.15) is 0 Å². The number of likely N-dealkylation sites (N-methyl/N-ethyl adjacent to an activating group) is 1. The van der Waals surface area contributed by atoms with Crippen molar-refractivity contribution in [1.82, 2.24) is 0 Å². The number of allylic oxidation sites excluding steroid dienone is 7. The van der Waals surface area contributed by atoms with E-state index in [1.165, 1.54) is 83.5 Å². The number of carbonyl (C=O) groups excluding carboxylic acids is 1. The van der Waals surface area contributed by atoms with E-state index in [4.69, 9.17) is 18.5 Å². The number of phosphoric ester groups is 1. The number of hydrogen-bond donors (Lipinski definition) is 1. The SMILES string of the molecule is CC/C=C\C/C=C\C/C=C\CCCCCCCC(=O)O[C@H](CO/C=C\CCCCCCCCCCCCCCCC)COP(=O)(O)OCC[N+](C)(C)C. The molecule has 0 saturated heterocycles. The third kappa shape index (κ3) is 41.3. The molecule has 0 aromatic carbocycles. The van der Waals surface area contributed by atoms with Crippen LogP contribution in [0.15, 0.2) is 48.8 Å². The molecule has 0 aromatic heterocycles. The van der Waals surface area contributed by atoms with Crippen LogP contribution in [0.5, 0.6) is 0 Å². The third-order valence-electron chi connectivity index (χ3n) is 8.97. The molecule has 0 aromatic rings. The number of unbranched alkanes of at least 4 members (excludes halogenated alkanes) is 19. The van der Waals surface area contributed by atoms with Crippen LogP contribution >= 0.6 is 7.82 Å². The largest absolute Gasteiger partial charge is 0.498 e. The second-order valence-electron chi connectivity index (χ2n) is 15.4. The number of nitrogens with zero attached hydrogens (tertiary/aromatic N) is 1. The van der Waals surface area contributed by atoms with E-state index in [1.807, 2.05) is 27.2 Å². The number of esters is 1. The minimum absolute atomic E-state index is 0.0407. The van der Waals surface area contributed by atoms with Gasteiger partial charge in [0, 0.05) is 6.42 Å². The van der Waals surface area contributed by atoms with Crippen LogP contribution in [-0.4, -0.2) is 69.0 Å². The molecular weight excluding hydrogens is 685 g/mol. The number of quaternary nitrogens is 1. The summed E-state index contributed by atoms with van der Waals surface area (Å²) >= 11 is 0. The topological polar surface area (TPSA) is 91.3 Å². The minimum atomic E-state index is -4.29. The lowest BCUT2D eigenvalue weighted by molar-refractivity contribution is -0.870. The van der Waals surface area contributed by atoms with Crippen LogP contribution < -0.4 is 0 Å². The van der Waals surface area contributed by atoms with Crippen LogP contribution in [0.3, 0.4) is 0 Å². The standard InChI is InChI=1S/C44H82NO7P/c1-6-8-10-12-14-16-18-20-22-24-26-28-30-32-34-36-39-49-41-43(42-51-53(47,48)50-40-38-45(3,4)5)52-44(46)37-35-33-31-29-27-25-23-21-19-17-15-13-11-9-7-2/h9,11,15,17,21,23,36,39,43H,6-8,10,12-14,16,18-20,22,24-35,37-38,40-42H2,1-5H3/p+1/b11-9-,17-15-,23-21-,39-36-/t43-/m1/s1. The van der Waals surface area contributed by atoms with E-state index >= 15 is 0 Å². The van der Waals surface area contributed by atoms with Gasteiger partial charge in [0.1, 0.15) is 19.8 Å². The van der Waals surface area contributed by atoms with Gasteiger partial charge in [0.2, 0.25) is 0 Å². The summed E-state index contributed by atoms with van der Waals surface area (Å²) in [5, 5.41) is 0. The molecule has 0 radical (unpaired) electrons. The van der Waals surface area contributed by atoms with Crippen LogP contribution in [0, 0.1) is 0 Å². The molecule has 0 fully saturated rings. The van der Waals surface area contributed by atoms with Gasteiger partial charge in [-0.1, -0.05) is 153 Å². The van der Waals surface area contributed by atoms with Gasteiger partial charge in [-0.25, -0.2) is 4.57 Å². The molecule has 0 rings (SSSR count). The summed E-state index contributed by atoms with van der Waals surface area (Å²) in [7, 11) is 1.62. The second kappa shape index (κ2) is 37.2. The van der Waals surface area contributed by atoms with Crippen LogP contribution in [-0.2, 0) is 27.9 Å². The average molecular weight is 769 g/mol. The Bertz CT molecular complexity index is 989. The van der Waals surface area contributed by atoms with E-state index in [-0.39, 0.29) is 25.8 Å². The quantitative estimate of drug-likeness (QED) is 0.0166. The third-order valence-corrected chi connectivity index (χ3v) is 9.95. The maximum Gasteiger partial charge on any atom is 0.472 e. The first-order valence-corrected chi connectivity index (χ1v) is 22.9. The zero-order valence-corrected chi connectivity index (χ0v) is 35.9. The Labute approximate surface area is 327 Å². The lowest BCUT2D eigenvalue weighted by atomic mass is 10.0. The zero-order valence-electron chi connectivity index (χ0n) is 35.0. The van der Waals surface area contributed by atoms with Gasteiger partial charge >= 0.3 is 13.8 Å². The van der Waals surface area contributed by atoms with Crippen molar-refractivity contribution in [3.63, 3.8) is 0 Å². The lowest BCUT2D eigenvalue weighted by Crippen LogP contribution is -2.37. The molecule has 53 heavy (non-hydrogen) atoms. The van der Waals surface area contributed by atoms with Crippen molar-refractivity contribution < 1.29 is 37.3 Å². The fourth-order valence-electron chi connectivity index (χ4n) is 5.65. The first-order valence-electron chi connectivity index (χ1n) is 21.4. The highest BCUT2D eigenvalue weighted by molar-refractivity contribution is 7.47. The molecule has 8 nitrogen and oxygen atoms in total. The van der Waals surface area contributed by atoms with Gasteiger partial charge in [0.25, 0.3) is 0 Å². The normalized spacial score (nSPS) is 14.2. The fraction of sp³-hybridized carbons (Fsp3) is 0.795. The van der Waals surface area contributed by atoms with Gasteiger partial charge < -0.3 is 18.9 Å². The Kier molecular flexibility index (Phi) is 36.0. The predicted molar refractivity (Wildman–Crippen MR) is 224 cm³/mol. The molecular formula is C44H83NO7P+. The zero-order chi connectivity index (χ0) is 39.1. The Morgan fingerprint density at radius 3 is 1.66 bits per heavy atom. The van der Waals surface area contributed by atoms with Crippen molar-refractivity contribution in [1.29, 1.82) is 0 Å². The van der Waals surface area contributed by atoms with Crippen molar-refractivity contribution in [3.05, 3.63) is 48.8 Å². The summed E-state index contributed by atoms with van der Waals surface area (Å²) in [6, 6.07) is 0. The maximum atomic E-state index is 12.7. The van der Waals surface area contributed by atoms with E-state index in [2.05, 4.69) is 50.3 Å². The van der Waals surface area contributed by atoms with E-state index in [0.29, 0.717) is 17.4 Å². The van der Waals surface area contributed by atoms with Crippen molar-refractivity contribution in [2.75, 3.05) is 47.5 Å². The summed E-state index contributed by atoms with van der Waals surface area (Å²) < 4.78 is 34.7. The summed E-state index contributed by atoms with van der Waals surface area (Å²) in [6.45, 7) is 4.80. The number of carbonyl (C=O) groups is 1. The predicted octanol–water partition coefficient (Wildman–Crippen LogP) is 12.7. The van der Waals surface area contributed by atoms with E-state index in [0.717, 1.165) is 70.6 Å². The molecule has 0 bridgehead atoms. The molecule has 0 heterocycles. The smallest absolute Gasteiger partial charge is 0.472 e. The molecule has 1 unspecified atom stereocenters. The molecule has 0 aliphatic carbocycles. The van der Waals surface area contributed by atoms with E-state index in [9.17, 15) is 14.3 Å². The van der Waals surface area contributed by atoms with Crippen molar-refractivity contribution in [2.24, 2.45) is 0 Å². The number of rotatable bonds is 39. The average Bonchev–Trinajstić information content (AvgIpc) is 3.11. The highest BCUT2D eigenvalue weighted by Gasteiger charge is 2.26. The molecule has 0 saturated carbocycles. The summed E-state index contributed by atoms with van der Waals surface area (Å²) in [4.78, 5) is 22.8. The first kappa shape index (κ1) is 51.3. The van der Waals surface area contributed by atoms with Crippen molar-refractivity contribution in [2.45, 2.75) is 180 Å². The van der Waals surface area contributed by atoms with Crippen LogP contribution in [0.2, 0.25) is 0 Å². The molecule has 0 aliphatic heterocycles. The molecule has 0 spiro atoms. The van der Waals surface area contributed by atoms with Crippen molar-refractivity contribution >= 4 is 13.8 Å². The summed E-state index contributed by atoms with van der Waals surface area (Å²) in [5.41, 5.74) is 0. The second-order valence-corrected chi connectivity index (χ2v) is 16.9. The Balaban J connectivity index is 4.33. The van der Waals surface area contributed by atoms with Gasteiger partial charge in [-0.15, -0.1) is 0 Å². The highest BCUT2D eigenvalue weighted by Crippen LogP contribution is 2.43. The summed E-state index contributed by atoms with van der Waals surface area (Å²) in [5.74, 6) is -0.353. The van der Waals surface area contributed by atoms with E-state index < -0.39 is 13.9 Å². The Morgan fingerprint density at radius 2 is 1.11 bits per heavy atom. The van der Waals surface area contributed by atoms with Crippen LogP contribution in [0.25, 0.3) is 0 Å². The molecule has 0 amide bonds. The van der Waals surface area contributed by atoms with Crippen LogP contribution in [0.4, 0.5) is 0 Å². The van der Waals surface area contributed by atoms with Gasteiger partial charge in [0.05, 0.1) is 34.0 Å². The first-order chi connectivity index (χ1) is 25.6. The van der Waals surface area contributed by atoms with E-state index in [1.54, 1.807) is 6.26 Å². The minimum Gasteiger partial charge on any atom is -0.498 e. The molecule has 0 aliphatic rings. The molecule has 2 atom stereocenters. The Morgan fingerprint density at radius 1 is 0.623 bits per heavy atom. The summed E-state index contributed by atoms with van der Waals surface area (Å²) in [6.07, 6.45) is 45.2. The van der Waals surface area contributed by atoms with Gasteiger partial charge in [-0.05, 0) is 57.4 Å². The number of ether oxygens (including phenoxy) is 2. The Hall–Kier alpha value is -1.70. The number of hydrogen-bond acceptors (Lipinski definition) is 6. The maximum absolute atomic E-state index is 12.7. The molecule has 1 N–H and O–H groups in total. The van der Waals surface area contributed by atoms with Crippen molar-refractivity contribution in [3.8, 4) is 0 Å². The number of phosphoric acid groups is 1. The highest BCUT2D eigenvalue weighted by atomic mass is 31.2. The van der Waals surface area contributed by atoms with Gasteiger partial charge in [0.15, 0.2) is 6.10 Å². The monoisotopic (exact) mass is 769 g/mol. The molecule has 9 heteroatoms.